The third kappa shape index (κ3) is 3.95. The molecule has 0 spiro atoms. The van der Waals surface area contributed by atoms with Crippen molar-refractivity contribution in [3.8, 4) is 5.75 Å². The summed E-state index contributed by atoms with van der Waals surface area (Å²) in [6, 6.07) is 8.04. The molecule has 0 saturated heterocycles. The number of primary amides is 1. The summed E-state index contributed by atoms with van der Waals surface area (Å²) in [6.07, 6.45) is -4.98. The van der Waals surface area contributed by atoms with E-state index in [2.05, 4.69) is 5.10 Å². The second kappa shape index (κ2) is 7.29. The van der Waals surface area contributed by atoms with Crippen LogP contribution < -0.4 is 15.5 Å². The summed E-state index contributed by atoms with van der Waals surface area (Å²) in [4.78, 5) is 24.0. The van der Waals surface area contributed by atoms with Crippen molar-refractivity contribution in [1.29, 1.82) is 0 Å². The van der Waals surface area contributed by atoms with Gasteiger partial charge in [0.1, 0.15) is 23.3 Å². The highest BCUT2D eigenvalue weighted by Gasteiger charge is 2.38. The van der Waals surface area contributed by atoms with Crippen LogP contribution >= 0.6 is 0 Å². The van der Waals surface area contributed by atoms with E-state index in [0.29, 0.717) is 0 Å². The van der Waals surface area contributed by atoms with Gasteiger partial charge in [-0.3, -0.25) is 9.80 Å². The number of alkyl halides is 3. The molecule has 0 bridgehead atoms. The molecule has 2 aromatic rings. The van der Waals surface area contributed by atoms with Crippen LogP contribution in [0.1, 0.15) is 12.0 Å². The Morgan fingerprint density at radius 2 is 1.75 bits per heavy atom. The molecule has 28 heavy (non-hydrogen) atoms. The number of para-hydroxylation sites is 1. The number of amides is 1. The number of benzene rings is 2. The van der Waals surface area contributed by atoms with Crippen LogP contribution in [-0.4, -0.2) is 23.6 Å². The maximum Gasteiger partial charge on any atom is 0.419 e. The fourth-order valence-electron chi connectivity index (χ4n) is 2.64. The van der Waals surface area contributed by atoms with Gasteiger partial charge in [0.15, 0.2) is 0 Å². The molecule has 146 valence electrons. The first-order valence-corrected chi connectivity index (χ1v) is 7.97. The van der Waals surface area contributed by atoms with Crippen molar-refractivity contribution in [3.05, 3.63) is 59.9 Å². The summed E-state index contributed by atoms with van der Waals surface area (Å²) in [7, 11) is 0. The van der Waals surface area contributed by atoms with Crippen LogP contribution in [0.5, 0.6) is 5.75 Å². The number of ether oxygens (including phenoxy) is 1. The van der Waals surface area contributed by atoms with Gasteiger partial charge in [-0.25, -0.2) is 9.18 Å². The summed E-state index contributed by atoms with van der Waals surface area (Å²) in [5.74, 6) is -3.16. The zero-order valence-electron chi connectivity index (χ0n) is 14.1. The molecule has 1 aliphatic rings. The number of halogens is 4. The first-order chi connectivity index (χ1) is 13.2. The zero-order valence-corrected chi connectivity index (χ0v) is 14.1. The number of hydrogen-bond donors (Lipinski definition) is 1. The van der Waals surface area contributed by atoms with Gasteiger partial charge in [-0.2, -0.15) is 18.3 Å². The summed E-state index contributed by atoms with van der Waals surface area (Å²) < 4.78 is 57.1. The number of nitrogens with zero attached hydrogens (tertiary/aromatic N) is 2. The zero-order chi connectivity index (χ0) is 20.5. The summed E-state index contributed by atoms with van der Waals surface area (Å²) in [5, 5.41) is 5.05. The Bertz CT molecular complexity index is 942. The van der Waals surface area contributed by atoms with E-state index in [1.165, 1.54) is 18.2 Å². The molecule has 1 amide bonds. The van der Waals surface area contributed by atoms with Gasteiger partial charge in [-0.15, -0.1) is 0 Å². The Morgan fingerprint density at radius 1 is 1.11 bits per heavy atom. The summed E-state index contributed by atoms with van der Waals surface area (Å²) in [5.41, 5.74) is 4.20. The Kier molecular flexibility index (Phi) is 5.04. The van der Waals surface area contributed by atoms with Crippen molar-refractivity contribution >= 4 is 23.3 Å². The maximum absolute atomic E-state index is 13.1. The second-order valence-corrected chi connectivity index (χ2v) is 5.87. The monoisotopic (exact) mass is 395 g/mol. The van der Waals surface area contributed by atoms with E-state index in [-0.39, 0.29) is 17.8 Å². The molecular weight excluding hydrogens is 382 g/mol. The SMILES string of the molecule is NC(=O)C1CC(C(=O)Oc2ccccc2C(F)(F)F)=NN1c1ccc(F)cc1. The molecule has 3 rings (SSSR count). The minimum atomic E-state index is -4.72. The highest BCUT2D eigenvalue weighted by atomic mass is 19.4. The Labute approximate surface area is 156 Å². The minimum Gasteiger partial charge on any atom is -0.421 e. The molecule has 0 radical (unpaired) electrons. The lowest BCUT2D eigenvalue weighted by Crippen LogP contribution is -2.39. The van der Waals surface area contributed by atoms with Crippen LogP contribution in [-0.2, 0) is 15.8 Å². The number of rotatable bonds is 4. The average molecular weight is 395 g/mol. The van der Waals surface area contributed by atoms with E-state index in [0.717, 1.165) is 35.3 Å². The Morgan fingerprint density at radius 3 is 2.36 bits per heavy atom. The summed E-state index contributed by atoms with van der Waals surface area (Å²) in [6.45, 7) is 0. The van der Waals surface area contributed by atoms with E-state index in [1.54, 1.807) is 0 Å². The average Bonchev–Trinajstić information content (AvgIpc) is 3.08. The third-order valence-corrected chi connectivity index (χ3v) is 3.96. The predicted molar refractivity (Wildman–Crippen MR) is 91.0 cm³/mol. The molecule has 1 atom stereocenters. The Hall–Kier alpha value is -3.43. The van der Waals surface area contributed by atoms with Crippen molar-refractivity contribution in [2.45, 2.75) is 18.6 Å². The number of carbonyl (C=O) groups is 2. The molecule has 2 aromatic carbocycles. The van der Waals surface area contributed by atoms with Crippen LogP contribution in [0, 0.1) is 5.82 Å². The van der Waals surface area contributed by atoms with Gasteiger partial charge < -0.3 is 10.5 Å². The van der Waals surface area contributed by atoms with Crippen LogP contribution in [0.25, 0.3) is 0 Å². The molecule has 0 fully saturated rings. The highest BCUT2D eigenvalue weighted by Crippen LogP contribution is 2.36. The topological polar surface area (TPSA) is 85.0 Å². The fourth-order valence-corrected chi connectivity index (χ4v) is 2.64. The molecule has 6 nitrogen and oxygen atoms in total. The maximum atomic E-state index is 13.1. The Balaban J connectivity index is 1.87. The molecule has 10 heteroatoms. The van der Waals surface area contributed by atoms with Crippen molar-refractivity contribution in [3.63, 3.8) is 0 Å². The molecule has 0 aliphatic carbocycles. The number of esters is 1. The molecule has 0 aromatic heterocycles. The van der Waals surface area contributed by atoms with Crippen molar-refractivity contribution in [2.75, 3.05) is 5.01 Å². The lowest BCUT2D eigenvalue weighted by molar-refractivity contribution is -0.140. The number of carbonyl (C=O) groups excluding carboxylic acids is 2. The van der Waals surface area contributed by atoms with Gasteiger partial charge in [0.25, 0.3) is 0 Å². The normalized spacial score (nSPS) is 16.6. The van der Waals surface area contributed by atoms with Gasteiger partial charge in [0, 0.05) is 6.42 Å². The van der Waals surface area contributed by atoms with Gasteiger partial charge in [-0.1, -0.05) is 12.1 Å². The lowest BCUT2D eigenvalue weighted by atomic mass is 10.1. The molecule has 2 N–H and O–H groups in total. The van der Waals surface area contributed by atoms with Crippen LogP contribution in [0.3, 0.4) is 0 Å². The smallest absolute Gasteiger partial charge is 0.419 e. The van der Waals surface area contributed by atoms with E-state index in [4.69, 9.17) is 10.5 Å². The molecule has 1 aliphatic heterocycles. The van der Waals surface area contributed by atoms with E-state index < -0.39 is 41.2 Å². The minimum absolute atomic E-state index is 0.264. The first-order valence-electron chi connectivity index (χ1n) is 7.97. The van der Waals surface area contributed by atoms with Crippen LogP contribution in [0.2, 0.25) is 0 Å². The number of nitrogens with two attached hydrogens (primary N) is 1. The molecule has 1 unspecified atom stereocenters. The third-order valence-electron chi connectivity index (χ3n) is 3.96. The predicted octanol–water partition coefficient (Wildman–Crippen LogP) is 2.87. The molecule has 0 saturated carbocycles. The first kappa shape index (κ1) is 19.3. The van der Waals surface area contributed by atoms with Gasteiger partial charge in [-0.05, 0) is 36.4 Å². The van der Waals surface area contributed by atoms with Crippen molar-refractivity contribution in [2.24, 2.45) is 10.8 Å². The van der Waals surface area contributed by atoms with Gasteiger partial charge in [0.2, 0.25) is 5.91 Å². The van der Waals surface area contributed by atoms with Crippen LogP contribution in [0.4, 0.5) is 23.2 Å². The standard InChI is InChI=1S/C18H13F4N3O3/c19-10-5-7-11(8-6-10)25-14(16(23)26)9-13(24-25)17(27)28-15-4-2-1-3-12(15)18(20,21)22/h1-8,14H,9H2,(H2,23,26). The number of hydrazone groups is 1. The van der Waals surface area contributed by atoms with Crippen molar-refractivity contribution in [1.82, 2.24) is 0 Å². The van der Waals surface area contributed by atoms with E-state index in [9.17, 15) is 27.2 Å². The molecular formula is C18H13F4N3O3. The quantitative estimate of drug-likeness (QED) is 0.490. The van der Waals surface area contributed by atoms with E-state index >= 15 is 0 Å². The lowest BCUT2D eigenvalue weighted by Gasteiger charge is -2.20. The van der Waals surface area contributed by atoms with Crippen molar-refractivity contribution < 1.29 is 31.9 Å². The summed E-state index contributed by atoms with van der Waals surface area (Å²) >= 11 is 0. The van der Waals surface area contributed by atoms with E-state index in [1.807, 2.05) is 0 Å². The largest absolute Gasteiger partial charge is 0.421 e. The highest BCUT2D eigenvalue weighted by molar-refractivity contribution is 6.38. The molecule has 1 heterocycles. The van der Waals surface area contributed by atoms with Crippen LogP contribution in [0.15, 0.2) is 53.6 Å². The number of anilines is 1. The van der Waals surface area contributed by atoms with Gasteiger partial charge >= 0.3 is 12.1 Å². The fraction of sp³-hybridized carbons (Fsp3) is 0.167. The second-order valence-electron chi connectivity index (χ2n) is 5.87. The number of hydrogen-bond acceptors (Lipinski definition) is 5. The van der Waals surface area contributed by atoms with Gasteiger partial charge in [0.05, 0.1) is 11.3 Å².